The summed E-state index contributed by atoms with van der Waals surface area (Å²) in [5, 5.41) is 9.73. The van der Waals surface area contributed by atoms with Gasteiger partial charge in [0.15, 0.2) is 0 Å². The average molecular weight is 347 g/mol. The van der Waals surface area contributed by atoms with Crippen LogP contribution in [0.2, 0.25) is 10.0 Å². The number of hydrogen-bond acceptors (Lipinski definition) is 2. The van der Waals surface area contributed by atoms with E-state index < -0.39 is 28.1 Å². The Kier molecular flexibility index (Phi) is 4.98. The standard InChI is InChI=1S/C14H9Cl2FO3S/c15-9-1-3-12(16)8(5-9)7-21(20)10-2-4-13(17)11(6-10)14(18)19/h1-6H,7H2,(H,18,19). The Morgan fingerprint density at radius 2 is 1.90 bits per heavy atom. The highest BCUT2D eigenvalue weighted by Gasteiger charge is 2.15. The number of carbonyl (C=O) groups is 1. The van der Waals surface area contributed by atoms with Crippen molar-refractivity contribution in [2.75, 3.05) is 0 Å². The van der Waals surface area contributed by atoms with Crippen LogP contribution in [0.15, 0.2) is 41.3 Å². The molecule has 0 aliphatic rings. The van der Waals surface area contributed by atoms with Crippen molar-refractivity contribution in [1.29, 1.82) is 0 Å². The molecule has 3 nitrogen and oxygen atoms in total. The Balaban J connectivity index is 2.30. The second-order valence-corrected chi connectivity index (χ2v) is 6.47. The lowest BCUT2D eigenvalue weighted by Gasteiger charge is -2.07. The van der Waals surface area contributed by atoms with Crippen LogP contribution in [-0.2, 0) is 16.6 Å². The normalized spacial score (nSPS) is 12.1. The van der Waals surface area contributed by atoms with E-state index in [4.69, 9.17) is 28.3 Å². The van der Waals surface area contributed by atoms with Crippen molar-refractivity contribution in [1.82, 2.24) is 0 Å². The van der Waals surface area contributed by atoms with Gasteiger partial charge in [0.25, 0.3) is 0 Å². The number of rotatable bonds is 4. The quantitative estimate of drug-likeness (QED) is 0.904. The van der Waals surface area contributed by atoms with Crippen molar-refractivity contribution < 1.29 is 18.5 Å². The minimum atomic E-state index is -1.56. The summed E-state index contributed by atoms with van der Waals surface area (Å²) >= 11 is 11.8. The molecule has 0 aromatic heterocycles. The third kappa shape index (κ3) is 3.81. The molecule has 2 aromatic carbocycles. The van der Waals surface area contributed by atoms with Gasteiger partial charge in [0, 0.05) is 14.9 Å². The lowest BCUT2D eigenvalue weighted by atomic mass is 10.2. The number of benzene rings is 2. The van der Waals surface area contributed by atoms with Gasteiger partial charge >= 0.3 is 5.97 Å². The molecule has 0 bridgehead atoms. The van der Waals surface area contributed by atoms with Crippen LogP contribution in [0.25, 0.3) is 0 Å². The van der Waals surface area contributed by atoms with Crippen LogP contribution in [0.4, 0.5) is 4.39 Å². The zero-order valence-electron chi connectivity index (χ0n) is 10.5. The number of hydrogen-bond donors (Lipinski definition) is 1. The van der Waals surface area contributed by atoms with Crippen molar-refractivity contribution >= 4 is 40.0 Å². The topological polar surface area (TPSA) is 54.4 Å². The predicted molar refractivity (Wildman–Crippen MR) is 79.9 cm³/mol. The van der Waals surface area contributed by atoms with E-state index >= 15 is 0 Å². The van der Waals surface area contributed by atoms with Gasteiger partial charge in [0.2, 0.25) is 0 Å². The highest BCUT2D eigenvalue weighted by Crippen LogP contribution is 2.24. The Morgan fingerprint density at radius 3 is 2.57 bits per heavy atom. The number of carboxylic acid groups (broad SMARTS) is 1. The molecule has 0 amide bonds. The summed E-state index contributed by atoms with van der Waals surface area (Å²) in [6.45, 7) is 0. The fraction of sp³-hybridized carbons (Fsp3) is 0.0714. The van der Waals surface area contributed by atoms with Crippen molar-refractivity contribution in [2.24, 2.45) is 0 Å². The van der Waals surface area contributed by atoms with E-state index in [1.807, 2.05) is 0 Å². The molecule has 1 atom stereocenters. The van der Waals surface area contributed by atoms with E-state index in [2.05, 4.69) is 0 Å². The van der Waals surface area contributed by atoms with Crippen LogP contribution in [0.5, 0.6) is 0 Å². The average Bonchev–Trinajstić information content (AvgIpc) is 2.43. The van der Waals surface area contributed by atoms with Crippen LogP contribution in [0.1, 0.15) is 15.9 Å². The minimum absolute atomic E-state index is 0.0596. The third-order valence-electron chi connectivity index (χ3n) is 2.73. The number of aromatic carboxylic acids is 1. The van der Waals surface area contributed by atoms with Gasteiger partial charge in [-0.1, -0.05) is 23.2 Å². The molecule has 7 heteroatoms. The summed E-state index contributed by atoms with van der Waals surface area (Å²) < 4.78 is 25.6. The lowest BCUT2D eigenvalue weighted by Crippen LogP contribution is -2.04. The zero-order valence-corrected chi connectivity index (χ0v) is 12.8. The van der Waals surface area contributed by atoms with Crippen LogP contribution in [0, 0.1) is 5.82 Å². The summed E-state index contributed by atoms with van der Waals surface area (Å²) in [5.41, 5.74) is 0.0572. The third-order valence-corrected chi connectivity index (χ3v) is 4.68. The Labute approximate surface area is 132 Å². The molecule has 1 unspecified atom stereocenters. The van der Waals surface area contributed by atoms with Gasteiger partial charge in [-0.15, -0.1) is 0 Å². The van der Waals surface area contributed by atoms with Gasteiger partial charge in [-0.3, -0.25) is 4.21 Å². The molecule has 1 N–H and O–H groups in total. The molecule has 0 heterocycles. The molecular formula is C14H9Cl2FO3S. The minimum Gasteiger partial charge on any atom is -0.478 e. The summed E-state index contributed by atoms with van der Waals surface area (Å²) in [6, 6.07) is 8.11. The van der Waals surface area contributed by atoms with Gasteiger partial charge < -0.3 is 5.11 Å². The van der Waals surface area contributed by atoms with Gasteiger partial charge in [-0.05, 0) is 42.0 Å². The summed E-state index contributed by atoms with van der Waals surface area (Å²) in [4.78, 5) is 11.1. The highest BCUT2D eigenvalue weighted by molar-refractivity contribution is 7.84. The molecule has 110 valence electrons. The first-order chi connectivity index (χ1) is 9.88. The first-order valence-electron chi connectivity index (χ1n) is 5.73. The Bertz CT molecular complexity index is 734. The summed E-state index contributed by atoms with van der Waals surface area (Å²) in [6.07, 6.45) is 0. The molecule has 0 spiro atoms. The molecular weight excluding hydrogens is 338 g/mol. The summed E-state index contributed by atoms with van der Waals surface area (Å²) in [5.74, 6) is -2.22. The maximum atomic E-state index is 13.3. The van der Waals surface area contributed by atoms with Crippen LogP contribution in [0.3, 0.4) is 0 Å². The number of carboxylic acids is 1. The molecule has 0 fully saturated rings. The monoisotopic (exact) mass is 346 g/mol. The number of halogens is 3. The van der Waals surface area contributed by atoms with Crippen molar-refractivity contribution in [3.05, 3.63) is 63.4 Å². The van der Waals surface area contributed by atoms with E-state index in [-0.39, 0.29) is 10.6 Å². The van der Waals surface area contributed by atoms with E-state index in [1.165, 1.54) is 6.07 Å². The largest absolute Gasteiger partial charge is 0.478 e. The molecule has 0 radical (unpaired) electrons. The molecule has 0 aliphatic heterocycles. The van der Waals surface area contributed by atoms with E-state index in [1.54, 1.807) is 18.2 Å². The van der Waals surface area contributed by atoms with Gasteiger partial charge in [0.05, 0.1) is 22.1 Å². The van der Waals surface area contributed by atoms with Crippen LogP contribution in [-0.4, -0.2) is 15.3 Å². The fourth-order valence-electron chi connectivity index (χ4n) is 1.69. The predicted octanol–water partition coefficient (Wildman–Crippen LogP) is 4.14. The zero-order chi connectivity index (χ0) is 15.6. The SMILES string of the molecule is O=C(O)c1cc(S(=O)Cc2cc(Cl)ccc2Cl)ccc1F. The molecule has 0 aliphatic carbocycles. The molecule has 0 saturated carbocycles. The van der Waals surface area contributed by atoms with Gasteiger partial charge in [-0.25, -0.2) is 9.18 Å². The maximum Gasteiger partial charge on any atom is 0.338 e. The first-order valence-corrected chi connectivity index (χ1v) is 7.81. The molecule has 2 rings (SSSR count). The molecule has 2 aromatic rings. The second kappa shape index (κ2) is 6.56. The van der Waals surface area contributed by atoms with Crippen LogP contribution >= 0.6 is 23.2 Å². The Morgan fingerprint density at radius 1 is 1.19 bits per heavy atom. The smallest absolute Gasteiger partial charge is 0.338 e. The lowest BCUT2D eigenvalue weighted by molar-refractivity contribution is 0.0691. The van der Waals surface area contributed by atoms with Gasteiger partial charge in [0.1, 0.15) is 5.82 Å². The maximum absolute atomic E-state index is 13.3. The second-order valence-electron chi connectivity index (χ2n) is 4.17. The summed E-state index contributed by atoms with van der Waals surface area (Å²) in [7, 11) is -1.56. The van der Waals surface area contributed by atoms with Crippen molar-refractivity contribution in [3.63, 3.8) is 0 Å². The Hall–Kier alpha value is -1.43. The van der Waals surface area contributed by atoms with E-state index in [0.717, 1.165) is 12.1 Å². The van der Waals surface area contributed by atoms with E-state index in [0.29, 0.717) is 15.6 Å². The fourth-order valence-corrected chi connectivity index (χ4v) is 3.30. The highest BCUT2D eigenvalue weighted by atomic mass is 35.5. The van der Waals surface area contributed by atoms with E-state index in [9.17, 15) is 13.4 Å². The van der Waals surface area contributed by atoms with Crippen molar-refractivity contribution in [2.45, 2.75) is 10.6 Å². The van der Waals surface area contributed by atoms with Crippen LogP contribution < -0.4 is 0 Å². The molecule has 21 heavy (non-hydrogen) atoms. The van der Waals surface area contributed by atoms with Crippen molar-refractivity contribution in [3.8, 4) is 0 Å². The van der Waals surface area contributed by atoms with Gasteiger partial charge in [-0.2, -0.15) is 0 Å². The first kappa shape index (κ1) is 15.9. The molecule has 0 saturated heterocycles.